The molecule has 4 nitrogen and oxygen atoms in total. The van der Waals surface area contributed by atoms with Gasteiger partial charge in [0.15, 0.2) is 0 Å². The lowest BCUT2D eigenvalue weighted by Crippen LogP contribution is -2.41. The van der Waals surface area contributed by atoms with Crippen molar-refractivity contribution in [2.24, 2.45) is 17.3 Å². The highest BCUT2D eigenvalue weighted by molar-refractivity contribution is 7.86. The Bertz CT molecular complexity index is 652. The van der Waals surface area contributed by atoms with E-state index in [9.17, 15) is 13.5 Å². The number of aliphatic hydroxyl groups excluding tert-OH is 1. The van der Waals surface area contributed by atoms with Crippen molar-refractivity contribution in [1.82, 2.24) is 0 Å². The van der Waals surface area contributed by atoms with Crippen molar-refractivity contribution in [2.75, 3.05) is 6.61 Å². The molecule has 0 radical (unpaired) electrons. The summed E-state index contributed by atoms with van der Waals surface area (Å²) in [6, 6.07) is 6.74. The minimum absolute atomic E-state index is 0.000459. The van der Waals surface area contributed by atoms with Crippen LogP contribution in [0.1, 0.15) is 44.6 Å². The Morgan fingerprint density at radius 1 is 1.22 bits per heavy atom. The summed E-state index contributed by atoms with van der Waals surface area (Å²) in [5.41, 5.74) is 1.02. The first-order chi connectivity index (χ1) is 10.8. The van der Waals surface area contributed by atoms with Gasteiger partial charge in [-0.1, -0.05) is 31.0 Å². The van der Waals surface area contributed by atoms with E-state index in [4.69, 9.17) is 4.18 Å². The Labute approximate surface area is 139 Å². The van der Waals surface area contributed by atoms with E-state index in [-0.39, 0.29) is 34.9 Å². The monoisotopic (exact) mass is 338 g/mol. The molecule has 5 heteroatoms. The predicted molar refractivity (Wildman–Crippen MR) is 88.5 cm³/mol. The first-order valence-electron chi connectivity index (χ1n) is 8.47. The van der Waals surface area contributed by atoms with Gasteiger partial charge in [0.05, 0.1) is 17.6 Å². The molecule has 2 fully saturated rings. The van der Waals surface area contributed by atoms with Crippen LogP contribution in [0.5, 0.6) is 0 Å². The molecule has 1 aromatic carbocycles. The van der Waals surface area contributed by atoms with Crippen LogP contribution in [0.4, 0.5) is 0 Å². The summed E-state index contributed by atoms with van der Waals surface area (Å²) in [5.74, 6) is 0.481. The Hall–Kier alpha value is -0.910. The average Bonchev–Trinajstić information content (AvgIpc) is 2.84. The molecule has 0 spiro atoms. The molecule has 2 saturated carbocycles. The molecule has 3 rings (SSSR count). The van der Waals surface area contributed by atoms with Crippen LogP contribution in [-0.2, 0) is 14.3 Å². The number of aliphatic hydroxyl groups is 1. The molecule has 4 unspecified atom stereocenters. The molecular formula is C18H26O4S. The summed E-state index contributed by atoms with van der Waals surface area (Å²) in [4.78, 5) is 0.214. The topological polar surface area (TPSA) is 63.6 Å². The molecule has 4 atom stereocenters. The van der Waals surface area contributed by atoms with Crippen LogP contribution in [0.25, 0.3) is 0 Å². The Morgan fingerprint density at radius 2 is 1.91 bits per heavy atom. The highest BCUT2D eigenvalue weighted by Crippen LogP contribution is 2.55. The lowest BCUT2D eigenvalue weighted by molar-refractivity contribution is -0.0242. The van der Waals surface area contributed by atoms with Crippen molar-refractivity contribution in [2.45, 2.75) is 57.0 Å². The van der Waals surface area contributed by atoms with E-state index in [1.807, 2.05) is 6.92 Å². The second-order valence-electron chi connectivity index (χ2n) is 7.40. The van der Waals surface area contributed by atoms with Gasteiger partial charge in [-0.2, -0.15) is 8.42 Å². The van der Waals surface area contributed by atoms with Gasteiger partial charge >= 0.3 is 0 Å². The zero-order valence-electron chi connectivity index (χ0n) is 13.9. The van der Waals surface area contributed by atoms with Crippen LogP contribution in [0.2, 0.25) is 0 Å². The van der Waals surface area contributed by atoms with Gasteiger partial charge in [-0.3, -0.25) is 4.18 Å². The first kappa shape index (κ1) is 16.9. The summed E-state index contributed by atoms with van der Waals surface area (Å²) in [6.07, 6.45) is 4.59. The van der Waals surface area contributed by atoms with Crippen molar-refractivity contribution >= 4 is 10.1 Å². The highest BCUT2D eigenvalue weighted by Gasteiger charge is 2.51. The molecule has 0 heterocycles. The molecule has 0 aliphatic heterocycles. The standard InChI is InChI=1S/C18H26O4S/c1-13-5-8-15(9-6-13)23(20,21)22-12-14-7-10-16-17(19)4-3-11-18(14,16)2/h5-6,8-9,14,16-17,19H,3-4,7,10-12H2,1-2H3. The largest absolute Gasteiger partial charge is 0.393 e. The fraction of sp³-hybridized carbons (Fsp3) is 0.667. The van der Waals surface area contributed by atoms with Gasteiger partial charge in [0.25, 0.3) is 10.1 Å². The van der Waals surface area contributed by atoms with Crippen LogP contribution >= 0.6 is 0 Å². The molecule has 128 valence electrons. The Morgan fingerprint density at radius 3 is 2.61 bits per heavy atom. The quantitative estimate of drug-likeness (QED) is 0.856. The summed E-state index contributed by atoms with van der Waals surface area (Å²) in [7, 11) is -3.71. The lowest BCUT2D eigenvalue weighted by atomic mass is 9.64. The van der Waals surface area contributed by atoms with E-state index in [0.717, 1.165) is 37.7 Å². The van der Waals surface area contributed by atoms with Gasteiger partial charge in [-0.15, -0.1) is 0 Å². The average molecular weight is 338 g/mol. The fourth-order valence-corrected chi connectivity index (χ4v) is 5.42. The Balaban J connectivity index is 1.69. The molecule has 2 aliphatic rings. The van der Waals surface area contributed by atoms with Gasteiger partial charge in [-0.25, -0.2) is 0 Å². The summed E-state index contributed by atoms with van der Waals surface area (Å²) in [5, 5.41) is 10.2. The predicted octanol–water partition coefficient (Wildman–Crippen LogP) is 3.28. The van der Waals surface area contributed by atoms with E-state index in [0.29, 0.717) is 0 Å². The van der Waals surface area contributed by atoms with Gasteiger partial charge in [0.1, 0.15) is 0 Å². The van der Waals surface area contributed by atoms with E-state index >= 15 is 0 Å². The van der Waals surface area contributed by atoms with E-state index < -0.39 is 10.1 Å². The number of aryl methyl sites for hydroxylation is 1. The second-order valence-corrected chi connectivity index (χ2v) is 9.01. The zero-order chi connectivity index (χ0) is 16.7. The third-order valence-corrected chi connectivity index (χ3v) is 7.32. The van der Waals surface area contributed by atoms with Crippen molar-refractivity contribution in [3.05, 3.63) is 29.8 Å². The van der Waals surface area contributed by atoms with Gasteiger partial charge in [-0.05, 0) is 62.0 Å². The van der Waals surface area contributed by atoms with Gasteiger partial charge in [0, 0.05) is 0 Å². The zero-order valence-corrected chi connectivity index (χ0v) is 14.7. The SMILES string of the molecule is Cc1ccc(S(=O)(=O)OCC2CCC3C(O)CCCC23C)cc1. The summed E-state index contributed by atoms with van der Waals surface area (Å²) >= 11 is 0. The number of benzene rings is 1. The molecule has 0 amide bonds. The minimum atomic E-state index is -3.71. The number of rotatable bonds is 4. The second kappa shape index (κ2) is 6.19. The van der Waals surface area contributed by atoms with E-state index in [1.54, 1.807) is 24.3 Å². The third-order valence-electron chi connectivity index (χ3n) is 6.02. The molecule has 0 saturated heterocycles. The molecule has 1 N–H and O–H groups in total. The normalized spacial score (nSPS) is 34.3. The molecule has 1 aromatic rings. The summed E-state index contributed by atoms with van der Waals surface area (Å²) in [6.45, 7) is 4.33. The molecule has 23 heavy (non-hydrogen) atoms. The number of fused-ring (bicyclic) bond motifs is 1. The van der Waals surface area contributed by atoms with Crippen molar-refractivity contribution < 1.29 is 17.7 Å². The molecule has 0 aromatic heterocycles. The van der Waals surface area contributed by atoms with Crippen molar-refractivity contribution in [3.63, 3.8) is 0 Å². The maximum absolute atomic E-state index is 12.4. The smallest absolute Gasteiger partial charge is 0.296 e. The maximum Gasteiger partial charge on any atom is 0.296 e. The van der Waals surface area contributed by atoms with Crippen LogP contribution in [0.3, 0.4) is 0 Å². The van der Waals surface area contributed by atoms with E-state index in [1.165, 1.54) is 0 Å². The highest BCUT2D eigenvalue weighted by atomic mass is 32.2. The molecular weight excluding hydrogens is 312 g/mol. The van der Waals surface area contributed by atoms with Gasteiger partial charge in [0.2, 0.25) is 0 Å². The third kappa shape index (κ3) is 3.19. The van der Waals surface area contributed by atoms with Crippen LogP contribution in [0, 0.1) is 24.2 Å². The maximum atomic E-state index is 12.4. The fourth-order valence-electron chi connectivity index (χ4n) is 4.48. The molecule has 2 aliphatic carbocycles. The lowest BCUT2D eigenvalue weighted by Gasteiger charge is -2.43. The van der Waals surface area contributed by atoms with Crippen molar-refractivity contribution in [3.8, 4) is 0 Å². The van der Waals surface area contributed by atoms with Crippen LogP contribution in [-0.4, -0.2) is 26.2 Å². The summed E-state index contributed by atoms with van der Waals surface area (Å²) < 4.78 is 30.1. The first-order valence-corrected chi connectivity index (χ1v) is 9.88. The molecule has 0 bridgehead atoms. The van der Waals surface area contributed by atoms with Crippen LogP contribution in [0.15, 0.2) is 29.2 Å². The van der Waals surface area contributed by atoms with Crippen LogP contribution < -0.4 is 0 Å². The van der Waals surface area contributed by atoms with Gasteiger partial charge < -0.3 is 5.11 Å². The Kier molecular flexibility index (Phi) is 4.55. The van der Waals surface area contributed by atoms with E-state index in [2.05, 4.69) is 6.92 Å². The minimum Gasteiger partial charge on any atom is -0.393 e. The van der Waals surface area contributed by atoms with Crippen molar-refractivity contribution in [1.29, 1.82) is 0 Å². The number of hydrogen-bond acceptors (Lipinski definition) is 4. The number of hydrogen-bond donors (Lipinski definition) is 1.